The van der Waals surface area contributed by atoms with E-state index in [9.17, 15) is 0 Å². The van der Waals surface area contributed by atoms with Crippen LogP contribution >= 0.6 is 0 Å². The second-order valence-corrected chi connectivity index (χ2v) is 3.49. The summed E-state index contributed by atoms with van der Waals surface area (Å²) in [6, 6.07) is 7.37. The maximum Gasteiger partial charge on any atom is 0.0696 e. The number of aliphatic hydroxyl groups is 2. The van der Waals surface area contributed by atoms with Crippen LogP contribution in [0, 0.1) is 6.92 Å². The van der Waals surface area contributed by atoms with Gasteiger partial charge < -0.3 is 10.2 Å². The zero-order valence-electron chi connectivity index (χ0n) is 9.74. The summed E-state index contributed by atoms with van der Waals surface area (Å²) in [5.74, 6) is 0. The van der Waals surface area contributed by atoms with Gasteiger partial charge >= 0.3 is 0 Å². The largest absolute Gasteiger partial charge is 0.392 e. The van der Waals surface area contributed by atoms with E-state index in [1.165, 1.54) is 0 Å². The lowest BCUT2D eigenvalue weighted by molar-refractivity contribution is 0.281. The third-order valence-electron chi connectivity index (χ3n) is 2.06. The van der Waals surface area contributed by atoms with Gasteiger partial charge in [-0.15, -0.1) is 0 Å². The van der Waals surface area contributed by atoms with E-state index in [4.69, 9.17) is 10.2 Å². The van der Waals surface area contributed by atoms with E-state index >= 15 is 0 Å². The van der Waals surface area contributed by atoms with Crippen molar-refractivity contribution in [2.45, 2.75) is 27.6 Å². The monoisotopic (exact) mass is 248 g/mol. The van der Waals surface area contributed by atoms with Gasteiger partial charge in [-0.3, -0.25) is 9.97 Å². The molecular weight excluding hydrogens is 228 g/mol. The molecule has 0 fully saturated rings. The van der Waals surface area contributed by atoms with Crippen molar-refractivity contribution in [1.82, 2.24) is 9.97 Å². The van der Waals surface area contributed by atoms with Crippen molar-refractivity contribution >= 4 is 0 Å². The van der Waals surface area contributed by atoms with Gasteiger partial charge in [0.05, 0.1) is 13.2 Å². The number of nitrogens with zero attached hydrogens (tertiary/aromatic N) is 2. The zero-order chi connectivity index (χ0) is 12.5. The minimum Gasteiger partial charge on any atom is -0.392 e. The van der Waals surface area contributed by atoms with Crippen molar-refractivity contribution in [1.29, 1.82) is 0 Å². The van der Waals surface area contributed by atoms with Crippen LogP contribution in [-0.4, -0.2) is 20.2 Å². The number of rotatable bonds is 2. The van der Waals surface area contributed by atoms with Crippen molar-refractivity contribution < 1.29 is 10.2 Å². The fourth-order valence-corrected chi connectivity index (χ4v) is 1.08. The van der Waals surface area contributed by atoms with E-state index in [1.54, 1.807) is 24.7 Å². The maximum atomic E-state index is 8.59. The summed E-state index contributed by atoms with van der Waals surface area (Å²) in [4.78, 5) is 7.79. The van der Waals surface area contributed by atoms with Gasteiger partial charge in [0, 0.05) is 24.3 Å². The Kier molecular flexibility index (Phi) is 8.35. The molecule has 0 aliphatic rings. The molecule has 0 unspecified atom stereocenters. The smallest absolute Gasteiger partial charge is 0.0696 e. The molecule has 0 aliphatic carbocycles. The molecule has 0 saturated heterocycles. The van der Waals surface area contributed by atoms with E-state index in [1.807, 2.05) is 25.1 Å². The summed E-state index contributed by atoms with van der Waals surface area (Å²) in [6.45, 7) is 2.07. The molecule has 2 N–H and O–H groups in total. The number of pyridine rings is 2. The van der Waals surface area contributed by atoms with E-state index < -0.39 is 0 Å². The van der Waals surface area contributed by atoms with Crippen LogP contribution in [0.3, 0.4) is 0 Å². The van der Waals surface area contributed by atoms with Crippen molar-refractivity contribution in [3.05, 3.63) is 59.7 Å². The van der Waals surface area contributed by atoms with Crippen LogP contribution in [0.15, 0.2) is 42.9 Å². The summed E-state index contributed by atoms with van der Waals surface area (Å²) < 4.78 is 0. The number of aromatic nitrogens is 2. The first-order chi connectivity index (χ1) is 8.26. The molecule has 2 aromatic heterocycles. The molecule has 0 amide bonds. The Bertz CT molecular complexity index is 416. The van der Waals surface area contributed by atoms with Crippen molar-refractivity contribution in [2.24, 2.45) is 0 Å². The molecule has 2 heterocycles. The van der Waals surface area contributed by atoms with E-state index in [0.29, 0.717) is 0 Å². The SMILES string of the molecule is C.Cc1ccc(CO)cn1.OCc1cccnc1. The molecule has 0 aliphatic heterocycles. The van der Waals surface area contributed by atoms with E-state index in [-0.39, 0.29) is 20.6 Å². The predicted molar refractivity (Wildman–Crippen MR) is 71.8 cm³/mol. The Morgan fingerprint density at radius 3 is 2.06 bits per heavy atom. The van der Waals surface area contributed by atoms with Crippen molar-refractivity contribution in [3.8, 4) is 0 Å². The Morgan fingerprint density at radius 1 is 1.00 bits per heavy atom. The third kappa shape index (κ3) is 6.08. The summed E-state index contributed by atoms with van der Waals surface area (Å²) in [7, 11) is 0. The second kappa shape index (κ2) is 9.27. The molecule has 0 radical (unpaired) electrons. The Labute approximate surface area is 108 Å². The third-order valence-corrected chi connectivity index (χ3v) is 2.06. The average Bonchev–Trinajstić information content (AvgIpc) is 2.41. The highest BCUT2D eigenvalue weighted by molar-refractivity contribution is 5.11. The molecule has 2 aromatic rings. The standard InChI is InChI=1S/C7H9NO.C6H7NO.CH4/c1-6-2-3-7(5-9)4-8-6;8-5-6-2-1-3-7-4-6;/h2-4,9H,5H2,1H3;1-4,8H,5H2;1H4. The highest BCUT2D eigenvalue weighted by Gasteiger charge is 1.87. The van der Waals surface area contributed by atoms with Crippen LogP contribution in [0.4, 0.5) is 0 Å². The molecule has 98 valence electrons. The van der Waals surface area contributed by atoms with Gasteiger partial charge in [-0.25, -0.2) is 0 Å². The average molecular weight is 248 g/mol. The number of aryl methyl sites for hydroxylation is 1. The molecule has 0 saturated carbocycles. The lowest BCUT2D eigenvalue weighted by Gasteiger charge is -1.93. The first-order valence-electron chi connectivity index (χ1n) is 5.28. The van der Waals surface area contributed by atoms with Crippen LogP contribution in [0.5, 0.6) is 0 Å². The Hall–Kier alpha value is -1.78. The first-order valence-corrected chi connectivity index (χ1v) is 5.28. The van der Waals surface area contributed by atoms with Gasteiger partial charge in [0.15, 0.2) is 0 Å². The van der Waals surface area contributed by atoms with Crippen LogP contribution in [0.1, 0.15) is 24.2 Å². The normalized spacial score (nSPS) is 8.83. The summed E-state index contributed by atoms with van der Waals surface area (Å²) in [6.07, 6.45) is 4.99. The molecule has 4 heteroatoms. The predicted octanol–water partition coefficient (Wildman–Crippen LogP) is 2.09. The van der Waals surface area contributed by atoms with Crippen LogP contribution in [0.2, 0.25) is 0 Å². The molecule has 0 bridgehead atoms. The van der Waals surface area contributed by atoms with Gasteiger partial charge in [0.1, 0.15) is 0 Å². The molecular formula is C14H20N2O2. The molecule has 4 nitrogen and oxygen atoms in total. The summed E-state index contributed by atoms with van der Waals surface area (Å²) in [5, 5.41) is 17.1. The molecule has 0 atom stereocenters. The molecule has 2 rings (SSSR count). The van der Waals surface area contributed by atoms with Gasteiger partial charge in [-0.2, -0.15) is 0 Å². The maximum absolute atomic E-state index is 8.59. The fourth-order valence-electron chi connectivity index (χ4n) is 1.08. The minimum atomic E-state index is 0. The van der Waals surface area contributed by atoms with Gasteiger partial charge in [-0.05, 0) is 30.2 Å². The molecule has 0 aromatic carbocycles. The number of aliphatic hydroxyl groups excluding tert-OH is 2. The quantitative estimate of drug-likeness (QED) is 0.854. The van der Waals surface area contributed by atoms with Crippen molar-refractivity contribution in [2.75, 3.05) is 0 Å². The Morgan fingerprint density at radius 2 is 1.67 bits per heavy atom. The second-order valence-electron chi connectivity index (χ2n) is 3.49. The summed E-state index contributed by atoms with van der Waals surface area (Å²) in [5.41, 5.74) is 2.69. The van der Waals surface area contributed by atoms with E-state index in [2.05, 4.69) is 9.97 Å². The topological polar surface area (TPSA) is 66.2 Å². The summed E-state index contributed by atoms with van der Waals surface area (Å²) >= 11 is 0. The lowest BCUT2D eigenvalue weighted by Crippen LogP contribution is -1.85. The Balaban J connectivity index is 0.000000306. The fraction of sp³-hybridized carbons (Fsp3) is 0.286. The number of hydrogen-bond donors (Lipinski definition) is 2. The van der Waals surface area contributed by atoms with Gasteiger partial charge in [-0.1, -0.05) is 19.6 Å². The van der Waals surface area contributed by atoms with Crippen LogP contribution in [0.25, 0.3) is 0 Å². The van der Waals surface area contributed by atoms with Crippen LogP contribution < -0.4 is 0 Å². The van der Waals surface area contributed by atoms with E-state index in [0.717, 1.165) is 16.8 Å². The number of hydrogen-bond acceptors (Lipinski definition) is 4. The van der Waals surface area contributed by atoms with Gasteiger partial charge in [0.25, 0.3) is 0 Å². The highest BCUT2D eigenvalue weighted by atomic mass is 16.3. The van der Waals surface area contributed by atoms with Gasteiger partial charge in [0.2, 0.25) is 0 Å². The first kappa shape index (κ1) is 16.2. The minimum absolute atomic E-state index is 0. The van der Waals surface area contributed by atoms with Crippen molar-refractivity contribution in [3.63, 3.8) is 0 Å². The lowest BCUT2D eigenvalue weighted by atomic mass is 10.3. The highest BCUT2D eigenvalue weighted by Crippen LogP contribution is 1.97. The molecule has 0 spiro atoms. The van der Waals surface area contributed by atoms with Crippen LogP contribution in [-0.2, 0) is 13.2 Å². The zero-order valence-corrected chi connectivity index (χ0v) is 9.74. The molecule has 18 heavy (non-hydrogen) atoms.